The summed E-state index contributed by atoms with van der Waals surface area (Å²) in [5.74, 6) is 1.80. The van der Waals surface area contributed by atoms with E-state index in [9.17, 15) is 4.79 Å². The molecule has 0 saturated carbocycles. The average Bonchev–Trinajstić information content (AvgIpc) is 3.17. The molecule has 0 bridgehead atoms. The first-order valence-corrected chi connectivity index (χ1v) is 11.4. The lowest BCUT2D eigenvalue weighted by molar-refractivity contribution is 0.0104. The molecule has 4 aromatic rings. The van der Waals surface area contributed by atoms with Crippen LogP contribution in [0.3, 0.4) is 0 Å². The van der Waals surface area contributed by atoms with Crippen LogP contribution >= 0.6 is 0 Å². The van der Waals surface area contributed by atoms with Crippen LogP contribution in [-0.2, 0) is 16.9 Å². The number of anilines is 1. The highest BCUT2D eigenvalue weighted by atomic mass is 16.6. The Bertz CT molecular complexity index is 1390. The van der Waals surface area contributed by atoms with Gasteiger partial charge in [-0.25, -0.2) is 29.7 Å². The third-order valence-electron chi connectivity index (χ3n) is 6.10. The van der Waals surface area contributed by atoms with E-state index in [1.54, 1.807) is 18.7 Å². The van der Waals surface area contributed by atoms with Crippen molar-refractivity contribution in [2.75, 3.05) is 5.32 Å². The van der Waals surface area contributed by atoms with Crippen LogP contribution in [0.25, 0.3) is 33.8 Å². The van der Waals surface area contributed by atoms with Crippen molar-refractivity contribution in [3.8, 4) is 22.6 Å². The van der Waals surface area contributed by atoms with Crippen molar-refractivity contribution in [2.24, 2.45) is 5.92 Å². The maximum absolute atomic E-state index is 12.2. The van der Waals surface area contributed by atoms with Crippen molar-refractivity contribution < 1.29 is 9.53 Å². The van der Waals surface area contributed by atoms with Gasteiger partial charge in [0.15, 0.2) is 5.65 Å². The van der Waals surface area contributed by atoms with Crippen LogP contribution in [0.15, 0.2) is 36.9 Å². The first kappa shape index (κ1) is 21.9. The van der Waals surface area contributed by atoms with Gasteiger partial charge in [-0.2, -0.15) is 0 Å². The van der Waals surface area contributed by atoms with E-state index < -0.39 is 11.7 Å². The summed E-state index contributed by atoms with van der Waals surface area (Å²) in [4.78, 5) is 34.9. The van der Waals surface area contributed by atoms with E-state index in [-0.39, 0.29) is 0 Å². The predicted molar refractivity (Wildman–Crippen MR) is 129 cm³/mol. The quantitative estimate of drug-likeness (QED) is 0.444. The largest absolute Gasteiger partial charge is 0.438 e. The summed E-state index contributed by atoms with van der Waals surface area (Å²) in [7, 11) is 0. The molecule has 0 saturated heterocycles. The third-order valence-corrected chi connectivity index (χ3v) is 6.10. The fraction of sp³-hybridized carbons (Fsp3) is 0.360. The molecule has 3 aromatic heterocycles. The van der Waals surface area contributed by atoms with E-state index in [4.69, 9.17) is 9.72 Å². The number of carbonyl (C=O) groups is 1. The zero-order valence-corrected chi connectivity index (χ0v) is 20.0. The summed E-state index contributed by atoms with van der Waals surface area (Å²) in [6.45, 7) is 10.8. The van der Waals surface area contributed by atoms with Crippen molar-refractivity contribution >= 4 is 22.9 Å². The number of amides is 1. The second-order valence-electron chi connectivity index (χ2n) is 9.20. The van der Waals surface area contributed by atoms with Gasteiger partial charge in [-0.1, -0.05) is 19.9 Å². The minimum atomic E-state index is -0.735. The number of aryl methyl sites for hydroxylation is 2. The number of benzene rings is 1. The molecular weight excluding hydrogens is 430 g/mol. The summed E-state index contributed by atoms with van der Waals surface area (Å²) >= 11 is 0. The minimum Gasteiger partial charge on any atom is -0.438 e. The minimum absolute atomic E-state index is 0.345. The Balaban J connectivity index is 1.68. The Morgan fingerprint density at radius 3 is 2.59 bits per heavy atom. The molecule has 34 heavy (non-hydrogen) atoms. The van der Waals surface area contributed by atoms with E-state index in [1.165, 1.54) is 0 Å². The van der Waals surface area contributed by atoms with Gasteiger partial charge in [-0.05, 0) is 45.2 Å². The molecule has 0 fully saturated rings. The van der Waals surface area contributed by atoms with Gasteiger partial charge in [-0.3, -0.25) is 5.32 Å². The fourth-order valence-electron chi connectivity index (χ4n) is 4.74. The average molecular weight is 458 g/mol. The molecule has 0 aliphatic carbocycles. The van der Waals surface area contributed by atoms with Crippen molar-refractivity contribution in [3.63, 3.8) is 0 Å². The van der Waals surface area contributed by atoms with Crippen molar-refractivity contribution in [1.29, 1.82) is 0 Å². The van der Waals surface area contributed by atoms with Gasteiger partial charge in [0.1, 0.15) is 34.8 Å². The molecule has 1 aliphatic heterocycles. The molecule has 4 heterocycles. The van der Waals surface area contributed by atoms with Gasteiger partial charge in [-0.15, -0.1) is 0 Å². The van der Waals surface area contributed by atoms with E-state index in [1.807, 2.05) is 36.6 Å². The third kappa shape index (κ3) is 3.67. The summed E-state index contributed by atoms with van der Waals surface area (Å²) < 4.78 is 7.82. The molecule has 5 rings (SSSR count). The number of ether oxygens (including phenoxy) is 1. The molecule has 1 unspecified atom stereocenters. The Kier molecular flexibility index (Phi) is 5.27. The van der Waals surface area contributed by atoms with Gasteiger partial charge >= 0.3 is 6.09 Å². The first-order chi connectivity index (χ1) is 16.3. The highest BCUT2D eigenvalue weighted by Crippen LogP contribution is 2.42. The van der Waals surface area contributed by atoms with Gasteiger partial charge < -0.3 is 9.30 Å². The number of hydrogen-bond donors (Lipinski definition) is 1. The SMILES string of the molecule is CCn1c(-c2cnc(C)nc2)nc2c(-c3ccc4c(c3)C(C)(CC(C)C)OC(=O)N4)ncnc21. The number of fused-ring (bicyclic) bond motifs is 2. The van der Waals surface area contributed by atoms with Gasteiger partial charge in [0, 0.05) is 30.1 Å². The second kappa shape index (κ2) is 8.16. The number of hydrogen-bond acceptors (Lipinski definition) is 7. The van der Waals surface area contributed by atoms with Crippen molar-refractivity contribution in [1.82, 2.24) is 29.5 Å². The summed E-state index contributed by atoms with van der Waals surface area (Å²) in [6, 6.07) is 5.89. The standard InChI is InChI=1S/C25H27N7O2/c1-6-32-22(17-11-26-15(4)27-12-17)31-21-20(28-13-29-23(21)32)16-7-8-19-18(9-16)25(5,10-14(2)3)34-24(33)30-19/h7-9,11-14H,6,10H2,1-5H3,(H,30,33). The van der Waals surface area contributed by atoms with E-state index >= 15 is 0 Å². The normalized spacial score (nSPS) is 17.5. The molecule has 1 N–H and O–H groups in total. The second-order valence-corrected chi connectivity index (χ2v) is 9.20. The number of imidazole rings is 1. The molecule has 0 spiro atoms. The molecule has 9 heteroatoms. The monoisotopic (exact) mass is 457 g/mol. The topological polar surface area (TPSA) is 108 Å². The van der Waals surface area contributed by atoms with Crippen LogP contribution in [0.5, 0.6) is 0 Å². The highest BCUT2D eigenvalue weighted by molar-refractivity contribution is 5.93. The maximum Gasteiger partial charge on any atom is 0.412 e. The number of cyclic esters (lactones) is 1. The zero-order chi connectivity index (χ0) is 24.0. The number of rotatable bonds is 5. The fourth-order valence-corrected chi connectivity index (χ4v) is 4.74. The summed E-state index contributed by atoms with van der Waals surface area (Å²) in [5, 5.41) is 2.83. The van der Waals surface area contributed by atoms with Crippen LogP contribution in [0.2, 0.25) is 0 Å². The lowest BCUT2D eigenvalue weighted by Crippen LogP contribution is -2.38. The van der Waals surface area contributed by atoms with Gasteiger partial charge in [0.25, 0.3) is 0 Å². The Hall–Kier alpha value is -3.88. The zero-order valence-electron chi connectivity index (χ0n) is 20.0. The smallest absolute Gasteiger partial charge is 0.412 e. The van der Waals surface area contributed by atoms with Crippen LogP contribution in [0.4, 0.5) is 10.5 Å². The Morgan fingerprint density at radius 1 is 1.12 bits per heavy atom. The van der Waals surface area contributed by atoms with Crippen molar-refractivity contribution in [3.05, 3.63) is 48.3 Å². The van der Waals surface area contributed by atoms with Crippen LogP contribution in [-0.4, -0.2) is 35.6 Å². The lowest BCUT2D eigenvalue weighted by atomic mass is 9.84. The predicted octanol–water partition coefficient (Wildman–Crippen LogP) is 5.10. The lowest BCUT2D eigenvalue weighted by Gasteiger charge is -2.37. The molecular formula is C25H27N7O2. The Morgan fingerprint density at radius 2 is 1.88 bits per heavy atom. The molecule has 1 atom stereocenters. The molecule has 0 radical (unpaired) electrons. The highest BCUT2D eigenvalue weighted by Gasteiger charge is 2.38. The van der Waals surface area contributed by atoms with E-state index in [0.717, 1.165) is 39.5 Å². The number of aromatic nitrogens is 6. The molecule has 9 nitrogen and oxygen atoms in total. The number of nitrogens with zero attached hydrogens (tertiary/aromatic N) is 6. The molecule has 1 aliphatic rings. The number of nitrogens with one attached hydrogen (secondary N) is 1. The van der Waals surface area contributed by atoms with Gasteiger partial charge in [0.2, 0.25) is 0 Å². The summed E-state index contributed by atoms with van der Waals surface area (Å²) in [6.07, 6.45) is 5.39. The molecule has 1 amide bonds. The summed E-state index contributed by atoms with van der Waals surface area (Å²) in [5.41, 5.74) is 4.81. The van der Waals surface area contributed by atoms with Gasteiger partial charge in [0.05, 0.1) is 11.3 Å². The molecule has 1 aromatic carbocycles. The molecule has 174 valence electrons. The number of carbonyl (C=O) groups excluding carboxylic acids is 1. The van der Waals surface area contributed by atoms with Crippen LogP contribution < -0.4 is 5.32 Å². The Labute approximate surface area is 197 Å². The van der Waals surface area contributed by atoms with E-state index in [0.29, 0.717) is 30.2 Å². The van der Waals surface area contributed by atoms with Crippen molar-refractivity contribution in [2.45, 2.75) is 53.2 Å². The first-order valence-electron chi connectivity index (χ1n) is 11.4. The van der Waals surface area contributed by atoms with Crippen LogP contribution in [0.1, 0.15) is 45.5 Å². The maximum atomic E-state index is 12.2. The van der Waals surface area contributed by atoms with Crippen LogP contribution in [0, 0.1) is 12.8 Å². The van der Waals surface area contributed by atoms with E-state index in [2.05, 4.69) is 46.0 Å².